The Hall–Kier alpha value is -1.51. The first kappa shape index (κ1) is 16.5. The van der Waals surface area contributed by atoms with Gasteiger partial charge in [0.1, 0.15) is 6.04 Å². The molecular weight excluding hydrogens is 284 g/mol. The summed E-state index contributed by atoms with van der Waals surface area (Å²) in [7, 11) is -2.26. The highest BCUT2D eigenvalue weighted by Gasteiger charge is 2.23. The number of ether oxygens (including phenoxy) is 1. The second-order valence-corrected chi connectivity index (χ2v) is 6.05. The number of pyridine rings is 1. The van der Waals surface area contributed by atoms with E-state index in [0.29, 0.717) is 5.69 Å². The van der Waals surface area contributed by atoms with Gasteiger partial charge in [0, 0.05) is 32.0 Å². The molecule has 0 aliphatic rings. The number of methoxy groups -OCH3 is 1. The second kappa shape index (κ2) is 7.93. The number of aromatic nitrogens is 1. The number of aryl methyl sites for hydroxylation is 1. The van der Waals surface area contributed by atoms with Crippen LogP contribution in [0.1, 0.15) is 12.1 Å². The van der Waals surface area contributed by atoms with E-state index in [4.69, 9.17) is 9.84 Å². The van der Waals surface area contributed by atoms with E-state index in [1.54, 1.807) is 24.4 Å². The van der Waals surface area contributed by atoms with E-state index in [9.17, 15) is 13.2 Å². The van der Waals surface area contributed by atoms with Crippen molar-refractivity contribution in [1.29, 1.82) is 0 Å². The molecule has 0 bridgehead atoms. The summed E-state index contributed by atoms with van der Waals surface area (Å²) in [5.74, 6) is -1.43. The molecule has 1 aromatic heterocycles. The van der Waals surface area contributed by atoms with Gasteiger partial charge in [0.15, 0.2) is 0 Å². The van der Waals surface area contributed by atoms with E-state index in [-0.39, 0.29) is 25.2 Å². The minimum absolute atomic E-state index is 0.0780. The van der Waals surface area contributed by atoms with Gasteiger partial charge < -0.3 is 9.84 Å². The molecule has 0 fully saturated rings. The number of hydrogen-bond acceptors (Lipinski definition) is 5. The van der Waals surface area contributed by atoms with Crippen molar-refractivity contribution in [2.24, 2.45) is 0 Å². The molecule has 7 nitrogen and oxygen atoms in total. The number of carboxylic acids is 1. The summed E-state index contributed by atoms with van der Waals surface area (Å²) in [6.45, 7) is 0.166. The van der Waals surface area contributed by atoms with Crippen molar-refractivity contribution in [1.82, 2.24) is 9.71 Å². The SMILES string of the molecule is COCCC(NS(=O)(=O)CCc1ccccn1)C(=O)O. The Kier molecular flexibility index (Phi) is 6.56. The second-order valence-electron chi connectivity index (χ2n) is 4.18. The number of hydrogen-bond donors (Lipinski definition) is 2. The number of sulfonamides is 1. The third kappa shape index (κ3) is 6.09. The normalized spacial score (nSPS) is 13.1. The van der Waals surface area contributed by atoms with E-state index in [1.165, 1.54) is 7.11 Å². The lowest BCUT2D eigenvalue weighted by Gasteiger charge is -2.14. The quantitative estimate of drug-likeness (QED) is 0.667. The van der Waals surface area contributed by atoms with Crippen molar-refractivity contribution in [2.75, 3.05) is 19.5 Å². The lowest BCUT2D eigenvalue weighted by Crippen LogP contribution is -2.42. The van der Waals surface area contributed by atoms with Crippen LogP contribution in [0.25, 0.3) is 0 Å². The van der Waals surface area contributed by atoms with Crippen LogP contribution in [0.3, 0.4) is 0 Å². The van der Waals surface area contributed by atoms with Crippen molar-refractivity contribution in [3.63, 3.8) is 0 Å². The maximum Gasteiger partial charge on any atom is 0.321 e. The molecule has 0 amide bonds. The van der Waals surface area contributed by atoms with Gasteiger partial charge in [-0.3, -0.25) is 9.78 Å². The third-order valence-corrected chi connectivity index (χ3v) is 3.97. The smallest absolute Gasteiger partial charge is 0.321 e. The molecule has 8 heteroatoms. The molecule has 0 aliphatic carbocycles. The number of rotatable bonds is 9. The molecule has 1 atom stereocenters. The average molecular weight is 302 g/mol. The molecule has 1 unspecified atom stereocenters. The predicted molar refractivity (Wildman–Crippen MR) is 72.8 cm³/mol. The van der Waals surface area contributed by atoms with Crippen LogP contribution in [0.5, 0.6) is 0 Å². The van der Waals surface area contributed by atoms with Crippen molar-refractivity contribution >= 4 is 16.0 Å². The zero-order chi connectivity index (χ0) is 15.0. The van der Waals surface area contributed by atoms with E-state index < -0.39 is 22.0 Å². The van der Waals surface area contributed by atoms with Gasteiger partial charge in [-0.15, -0.1) is 0 Å². The van der Waals surface area contributed by atoms with Crippen molar-refractivity contribution in [2.45, 2.75) is 18.9 Å². The molecule has 2 N–H and O–H groups in total. The fourth-order valence-electron chi connectivity index (χ4n) is 1.53. The molecule has 0 radical (unpaired) electrons. The molecule has 0 saturated carbocycles. The van der Waals surface area contributed by atoms with E-state index in [0.717, 1.165) is 0 Å². The maximum atomic E-state index is 11.8. The van der Waals surface area contributed by atoms with E-state index in [2.05, 4.69) is 9.71 Å². The molecule has 1 heterocycles. The van der Waals surface area contributed by atoms with Gasteiger partial charge in [-0.25, -0.2) is 13.1 Å². The van der Waals surface area contributed by atoms with Gasteiger partial charge in [0.25, 0.3) is 0 Å². The van der Waals surface area contributed by atoms with Gasteiger partial charge in [-0.2, -0.15) is 0 Å². The van der Waals surface area contributed by atoms with E-state index in [1.807, 2.05) is 0 Å². The molecular formula is C12H18N2O5S. The zero-order valence-electron chi connectivity index (χ0n) is 11.2. The number of carbonyl (C=O) groups is 1. The van der Waals surface area contributed by atoms with Crippen LogP contribution >= 0.6 is 0 Å². The Balaban J connectivity index is 2.56. The molecule has 0 aromatic carbocycles. The highest BCUT2D eigenvalue weighted by Crippen LogP contribution is 2.01. The number of aliphatic carboxylic acids is 1. The minimum atomic E-state index is -3.68. The molecule has 112 valence electrons. The van der Waals surface area contributed by atoms with Crippen LogP contribution in [0.4, 0.5) is 0 Å². The summed E-state index contributed by atoms with van der Waals surface area (Å²) in [4.78, 5) is 15.0. The fraction of sp³-hybridized carbons (Fsp3) is 0.500. The predicted octanol–water partition coefficient (Wildman–Crippen LogP) is 0.0332. The van der Waals surface area contributed by atoms with Crippen molar-refractivity contribution in [3.05, 3.63) is 30.1 Å². The Labute approximate surface area is 118 Å². The Morgan fingerprint density at radius 2 is 2.25 bits per heavy atom. The summed E-state index contributed by atoms with van der Waals surface area (Å²) in [6.07, 6.45) is 1.88. The topological polar surface area (TPSA) is 106 Å². The first-order chi connectivity index (χ1) is 9.44. The van der Waals surface area contributed by atoms with Crippen LogP contribution in [0, 0.1) is 0 Å². The van der Waals surface area contributed by atoms with Gasteiger partial charge in [-0.1, -0.05) is 6.07 Å². The van der Waals surface area contributed by atoms with Crippen LogP contribution in [-0.4, -0.2) is 50.0 Å². The molecule has 0 aliphatic heterocycles. The maximum absolute atomic E-state index is 11.8. The highest BCUT2D eigenvalue weighted by molar-refractivity contribution is 7.89. The van der Waals surface area contributed by atoms with Gasteiger partial charge in [0.2, 0.25) is 10.0 Å². The number of nitrogens with zero attached hydrogens (tertiary/aromatic N) is 1. The summed E-state index contributed by atoms with van der Waals surface area (Å²) in [5, 5.41) is 8.95. The molecule has 0 spiro atoms. The van der Waals surface area contributed by atoms with Gasteiger partial charge in [0.05, 0.1) is 5.75 Å². The summed E-state index contributed by atoms with van der Waals surface area (Å²) in [6, 6.07) is 4.04. The van der Waals surface area contributed by atoms with Crippen molar-refractivity contribution < 1.29 is 23.1 Å². The third-order valence-electron chi connectivity index (χ3n) is 2.58. The monoisotopic (exact) mass is 302 g/mol. The zero-order valence-corrected chi connectivity index (χ0v) is 12.0. The number of carboxylic acid groups (broad SMARTS) is 1. The highest BCUT2D eigenvalue weighted by atomic mass is 32.2. The van der Waals surface area contributed by atoms with Gasteiger partial charge >= 0.3 is 5.97 Å². The first-order valence-electron chi connectivity index (χ1n) is 6.06. The van der Waals surface area contributed by atoms with Crippen LogP contribution in [-0.2, 0) is 26.0 Å². The largest absolute Gasteiger partial charge is 0.480 e. The fourth-order valence-corrected chi connectivity index (χ4v) is 2.78. The van der Waals surface area contributed by atoms with Gasteiger partial charge in [-0.05, 0) is 18.6 Å². The minimum Gasteiger partial charge on any atom is -0.480 e. The first-order valence-corrected chi connectivity index (χ1v) is 7.71. The molecule has 1 aromatic rings. The summed E-state index contributed by atoms with van der Waals surface area (Å²) in [5.41, 5.74) is 0.640. The lowest BCUT2D eigenvalue weighted by atomic mass is 10.2. The van der Waals surface area contributed by atoms with Crippen LogP contribution in [0.2, 0.25) is 0 Å². The Morgan fingerprint density at radius 3 is 2.80 bits per heavy atom. The molecule has 0 saturated heterocycles. The number of nitrogens with one attached hydrogen (secondary N) is 1. The summed E-state index contributed by atoms with van der Waals surface area (Å²) < 4.78 is 30.6. The molecule has 20 heavy (non-hydrogen) atoms. The molecule has 1 rings (SSSR count). The lowest BCUT2D eigenvalue weighted by molar-refractivity contribution is -0.139. The van der Waals surface area contributed by atoms with Crippen molar-refractivity contribution in [3.8, 4) is 0 Å². The Bertz CT molecular complexity index is 518. The Morgan fingerprint density at radius 1 is 1.50 bits per heavy atom. The average Bonchev–Trinajstić information content (AvgIpc) is 2.42. The van der Waals surface area contributed by atoms with Crippen LogP contribution in [0.15, 0.2) is 24.4 Å². The van der Waals surface area contributed by atoms with Crippen LogP contribution < -0.4 is 4.72 Å². The standard InChI is InChI=1S/C12H18N2O5S/c1-19-8-5-11(12(15)16)14-20(17,18)9-6-10-4-2-3-7-13-10/h2-4,7,11,14H,5-6,8-9H2,1H3,(H,15,16). The summed E-state index contributed by atoms with van der Waals surface area (Å²) >= 11 is 0. The van der Waals surface area contributed by atoms with E-state index >= 15 is 0 Å².